The Morgan fingerprint density at radius 1 is 1.10 bits per heavy atom. The number of rotatable bonds is 10. The van der Waals surface area contributed by atoms with E-state index in [0.29, 0.717) is 47.7 Å². The number of carbonyl (C=O) groups excluding carboxylic acids is 1. The molecule has 0 aromatic heterocycles. The third-order valence-electron chi connectivity index (χ3n) is 8.28. The molecule has 1 aliphatic heterocycles. The molecule has 0 radical (unpaired) electrons. The molecule has 206 valence electrons. The zero-order chi connectivity index (χ0) is 27.4. The third-order valence-corrected chi connectivity index (χ3v) is 8.58. The first kappa shape index (κ1) is 27.6. The lowest BCUT2D eigenvalue weighted by Gasteiger charge is -2.34. The van der Waals surface area contributed by atoms with E-state index in [2.05, 4.69) is 9.85 Å². The van der Waals surface area contributed by atoms with Crippen molar-refractivity contribution in [3.05, 3.63) is 69.5 Å². The predicted molar refractivity (Wildman–Crippen MR) is 152 cm³/mol. The van der Waals surface area contributed by atoms with Crippen molar-refractivity contribution in [2.24, 2.45) is 16.9 Å². The Balaban J connectivity index is 1.36. The van der Waals surface area contributed by atoms with E-state index in [1.807, 2.05) is 35.2 Å². The normalized spacial score (nSPS) is 20.5. The van der Waals surface area contributed by atoms with Crippen LogP contribution in [0.2, 0.25) is 5.02 Å². The fourth-order valence-corrected chi connectivity index (χ4v) is 6.61. The summed E-state index contributed by atoms with van der Waals surface area (Å²) in [6.07, 6.45) is 6.71. The molecule has 0 spiro atoms. The highest BCUT2D eigenvalue weighted by atomic mass is 35.5. The van der Waals surface area contributed by atoms with E-state index in [1.165, 1.54) is 25.7 Å². The van der Waals surface area contributed by atoms with Crippen molar-refractivity contribution < 1.29 is 19.7 Å². The van der Waals surface area contributed by atoms with Crippen molar-refractivity contribution in [1.29, 1.82) is 0 Å². The molecule has 2 aliphatic carbocycles. The number of halogens is 1. The van der Waals surface area contributed by atoms with Gasteiger partial charge in [-0.25, -0.2) is 9.64 Å². The molecule has 1 heterocycles. The molecule has 0 amide bonds. The number of carbonyl (C=O) groups is 1. The molecule has 0 unspecified atom stereocenters. The van der Waals surface area contributed by atoms with Crippen LogP contribution in [0.4, 0.5) is 11.4 Å². The number of aliphatic hydroxyl groups excluding tert-OH is 2. The molecular formula is C30H35ClN4O4. The van der Waals surface area contributed by atoms with E-state index in [0.717, 1.165) is 35.4 Å². The molecule has 0 saturated heterocycles. The molecule has 2 aromatic carbocycles. The maximum Gasteiger partial charge on any atom is 0.338 e. The van der Waals surface area contributed by atoms with Crippen LogP contribution < -0.4 is 5.01 Å². The number of nitrogens with zero attached hydrogens (tertiary/aromatic N) is 4. The predicted octanol–water partition coefficient (Wildman–Crippen LogP) is 4.68. The topological polar surface area (TPSA) is 90.0 Å². The molecule has 2 atom stereocenters. The Morgan fingerprint density at radius 2 is 1.87 bits per heavy atom. The van der Waals surface area contributed by atoms with Gasteiger partial charge in [-0.05, 0) is 61.4 Å². The molecule has 3 aliphatic rings. The van der Waals surface area contributed by atoms with Crippen LogP contribution in [0.25, 0.3) is 4.85 Å². The largest absolute Gasteiger partial charge is 0.461 e. The summed E-state index contributed by atoms with van der Waals surface area (Å²) in [5.74, 6) is 0.491. The van der Waals surface area contributed by atoms with Gasteiger partial charge in [-0.1, -0.05) is 36.6 Å². The van der Waals surface area contributed by atoms with Gasteiger partial charge in [0, 0.05) is 36.1 Å². The molecule has 1 fully saturated rings. The first-order valence-electron chi connectivity index (χ1n) is 13.8. The number of hydrogen-bond acceptors (Lipinski definition) is 7. The van der Waals surface area contributed by atoms with E-state index in [4.69, 9.17) is 38.2 Å². The van der Waals surface area contributed by atoms with E-state index >= 15 is 0 Å². The lowest BCUT2D eigenvalue weighted by Crippen LogP contribution is -2.40. The van der Waals surface area contributed by atoms with Crippen LogP contribution >= 0.6 is 11.6 Å². The molecule has 5 rings (SSSR count). The summed E-state index contributed by atoms with van der Waals surface area (Å²) >= 11 is 6.42. The van der Waals surface area contributed by atoms with Crippen molar-refractivity contribution in [3.8, 4) is 0 Å². The summed E-state index contributed by atoms with van der Waals surface area (Å²) in [5.41, 5.74) is 5.16. The summed E-state index contributed by atoms with van der Waals surface area (Å²) < 4.78 is 5.50. The van der Waals surface area contributed by atoms with Crippen LogP contribution in [-0.4, -0.2) is 72.3 Å². The van der Waals surface area contributed by atoms with Crippen molar-refractivity contribution >= 4 is 34.7 Å². The fraction of sp³-hybridized carbons (Fsp3) is 0.500. The van der Waals surface area contributed by atoms with Gasteiger partial charge in [-0.2, -0.15) is 5.10 Å². The minimum Gasteiger partial charge on any atom is -0.461 e. The maximum atomic E-state index is 12.8. The minimum absolute atomic E-state index is 0.0119. The molecule has 2 aromatic rings. The lowest BCUT2D eigenvalue weighted by atomic mass is 9.75. The highest BCUT2D eigenvalue weighted by Crippen LogP contribution is 2.45. The number of hydrogen-bond donors (Lipinski definition) is 2. The van der Waals surface area contributed by atoms with Crippen molar-refractivity contribution in [2.45, 2.75) is 44.6 Å². The highest BCUT2D eigenvalue weighted by molar-refractivity contribution is 6.33. The van der Waals surface area contributed by atoms with Crippen LogP contribution in [0, 0.1) is 18.4 Å². The average Bonchev–Trinajstić information content (AvgIpc) is 3.61. The van der Waals surface area contributed by atoms with Crippen molar-refractivity contribution in [3.63, 3.8) is 0 Å². The molecule has 0 bridgehead atoms. The smallest absolute Gasteiger partial charge is 0.338 e. The van der Waals surface area contributed by atoms with Crippen LogP contribution in [0.3, 0.4) is 0 Å². The summed E-state index contributed by atoms with van der Waals surface area (Å²) in [6.45, 7) is 8.81. The number of ether oxygens (including phenoxy) is 1. The van der Waals surface area contributed by atoms with E-state index in [9.17, 15) is 4.79 Å². The van der Waals surface area contributed by atoms with Crippen LogP contribution in [0.15, 0.2) is 41.5 Å². The van der Waals surface area contributed by atoms with Crippen LogP contribution in [0.1, 0.15) is 53.6 Å². The van der Waals surface area contributed by atoms with Gasteiger partial charge in [0.15, 0.2) is 0 Å². The van der Waals surface area contributed by atoms with Gasteiger partial charge in [0.1, 0.15) is 6.61 Å². The monoisotopic (exact) mass is 550 g/mol. The Bertz CT molecular complexity index is 1260. The SMILES string of the molecule is [C-]#[N+]c1ccc(N2N=C3c4ccc(C(=O)OCCN(CCO)CCO)cc4CC[C@@H]3[C@@H]2C2CCCC2)cc1Cl. The van der Waals surface area contributed by atoms with Gasteiger partial charge in [-0.15, -0.1) is 0 Å². The summed E-state index contributed by atoms with van der Waals surface area (Å²) in [4.78, 5) is 18.2. The molecule has 8 nitrogen and oxygen atoms in total. The fourth-order valence-electron chi connectivity index (χ4n) is 6.39. The summed E-state index contributed by atoms with van der Waals surface area (Å²) in [5, 5.41) is 26.1. The van der Waals surface area contributed by atoms with Gasteiger partial charge < -0.3 is 14.9 Å². The maximum absolute atomic E-state index is 12.8. The molecule has 39 heavy (non-hydrogen) atoms. The zero-order valence-electron chi connectivity index (χ0n) is 22.1. The van der Waals surface area contributed by atoms with Crippen LogP contribution in [0.5, 0.6) is 0 Å². The summed E-state index contributed by atoms with van der Waals surface area (Å²) in [6, 6.07) is 11.6. The number of aryl methyl sites for hydroxylation is 1. The molecule has 9 heteroatoms. The van der Waals surface area contributed by atoms with Gasteiger partial charge >= 0.3 is 5.97 Å². The number of benzene rings is 2. The molecular weight excluding hydrogens is 516 g/mol. The lowest BCUT2D eigenvalue weighted by molar-refractivity contribution is 0.0443. The highest BCUT2D eigenvalue weighted by Gasteiger charge is 2.45. The first-order chi connectivity index (χ1) is 19.0. The second kappa shape index (κ2) is 12.5. The quantitative estimate of drug-likeness (QED) is 0.330. The van der Waals surface area contributed by atoms with Crippen molar-refractivity contribution in [1.82, 2.24) is 4.90 Å². The number of anilines is 1. The number of hydrazone groups is 1. The van der Waals surface area contributed by atoms with E-state index in [1.54, 1.807) is 6.07 Å². The Labute approximate surface area is 234 Å². The van der Waals surface area contributed by atoms with Gasteiger partial charge in [0.25, 0.3) is 0 Å². The Kier molecular flexibility index (Phi) is 8.83. The summed E-state index contributed by atoms with van der Waals surface area (Å²) in [7, 11) is 0. The standard InChI is InChI=1S/C30H35ClN4O4/c1-32-27-11-8-23(19-26(27)31)35-29(20-4-2-3-5-20)25-10-6-21-18-22(7-9-24(21)28(25)33-35)30(38)39-17-14-34(12-15-36)13-16-37/h7-9,11,18-20,25,29,36-37H,2-6,10,12-17H2/t25-,29-/m0/s1. The van der Waals surface area contributed by atoms with Gasteiger partial charge in [-0.3, -0.25) is 9.91 Å². The molecule has 2 N–H and O–H groups in total. The second-order valence-electron chi connectivity index (χ2n) is 10.6. The Morgan fingerprint density at radius 3 is 2.56 bits per heavy atom. The Hall–Kier alpha value is -2.96. The van der Waals surface area contributed by atoms with Crippen LogP contribution in [-0.2, 0) is 11.2 Å². The van der Waals surface area contributed by atoms with E-state index in [-0.39, 0.29) is 31.8 Å². The molecule has 1 saturated carbocycles. The van der Waals surface area contributed by atoms with Gasteiger partial charge in [0.05, 0.1) is 42.8 Å². The number of esters is 1. The first-order valence-corrected chi connectivity index (χ1v) is 14.2. The van der Waals surface area contributed by atoms with Gasteiger partial charge in [0.2, 0.25) is 5.69 Å². The number of aliphatic hydroxyl groups is 2. The average molecular weight is 551 g/mol. The number of fused-ring (bicyclic) bond motifs is 3. The minimum atomic E-state index is -0.374. The van der Waals surface area contributed by atoms with Crippen molar-refractivity contribution in [2.75, 3.05) is 44.5 Å². The van der Waals surface area contributed by atoms with E-state index < -0.39 is 0 Å². The third kappa shape index (κ3) is 5.82. The second-order valence-corrected chi connectivity index (χ2v) is 11.0. The zero-order valence-corrected chi connectivity index (χ0v) is 22.8.